The highest BCUT2D eigenvalue weighted by Gasteiger charge is 2.52. The van der Waals surface area contributed by atoms with Crippen LogP contribution in [0.4, 0.5) is 25.1 Å². The van der Waals surface area contributed by atoms with Gasteiger partial charge in [-0.15, -0.1) is 6.42 Å². The molecule has 20 heteroatoms. The number of anilines is 2. The summed E-state index contributed by atoms with van der Waals surface area (Å²) in [6.45, 7) is 7.34. The van der Waals surface area contributed by atoms with E-state index in [2.05, 4.69) is 53.5 Å². The molecule has 74 heavy (non-hydrogen) atoms. The monoisotopic (exact) mass is 1010 g/mol. The van der Waals surface area contributed by atoms with Gasteiger partial charge in [-0.05, 0) is 93.5 Å². The Kier molecular flexibility index (Phi) is 12.8. The van der Waals surface area contributed by atoms with Gasteiger partial charge in [0.15, 0.2) is 5.82 Å². The van der Waals surface area contributed by atoms with Crippen molar-refractivity contribution < 1.29 is 47.3 Å². The molecule has 3 unspecified atom stereocenters. The highest BCUT2D eigenvalue weighted by molar-refractivity contribution is 6.25. The van der Waals surface area contributed by atoms with E-state index in [0.717, 1.165) is 36.2 Å². The van der Waals surface area contributed by atoms with Crippen molar-refractivity contribution in [1.82, 2.24) is 40.7 Å². The van der Waals surface area contributed by atoms with Crippen molar-refractivity contribution in [2.45, 2.75) is 93.9 Å². The Morgan fingerprint density at radius 3 is 2.59 bits per heavy atom. The number of hydrogen-bond acceptors (Lipinski definition) is 15. The average molecular weight is 1010 g/mol. The van der Waals surface area contributed by atoms with Gasteiger partial charge in [0.1, 0.15) is 47.9 Å². The zero-order valence-corrected chi connectivity index (χ0v) is 40.5. The van der Waals surface area contributed by atoms with Crippen LogP contribution in [0.25, 0.3) is 32.9 Å². The Morgan fingerprint density at radius 2 is 1.80 bits per heavy atom. The first-order valence-corrected chi connectivity index (χ1v) is 25.1. The number of hydrogen-bond donors (Lipinski definition) is 5. The number of fused-ring (bicyclic) bond motifs is 6. The summed E-state index contributed by atoms with van der Waals surface area (Å²) in [7, 11) is 0. The van der Waals surface area contributed by atoms with Crippen LogP contribution in [0.2, 0.25) is 0 Å². The van der Waals surface area contributed by atoms with Gasteiger partial charge in [0.2, 0.25) is 11.8 Å². The number of terminal acetylenes is 1. The maximum absolute atomic E-state index is 17.2. The summed E-state index contributed by atoms with van der Waals surface area (Å²) >= 11 is 0. The molecule has 5 atom stereocenters. The van der Waals surface area contributed by atoms with Crippen LogP contribution in [-0.4, -0.2) is 135 Å². The number of aromatic nitrogens is 3. The molecule has 11 rings (SSSR count). The van der Waals surface area contributed by atoms with Gasteiger partial charge in [-0.2, -0.15) is 9.97 Å². The van der Waals surface area contributed by atoms with Crippen LogP contribution in [0, 0.1) is 24.0 Å². The van der Waals surface area contributed by atoms with Gasteiger partial charge in [-0.3, -0.25) is 39.3 Å². The molecule has 8 heterocycles. The lowest BCUT2D eigenvalue weighted by atomic mass is 9.94. The van der Waals surface area contributed by atoms with Crippen molar-refractivity contribution >= 4 is 62.9 Å². The van der Waals surface area contributed by atoms with Gasteiger partial charge >= 0.3 is 12.1 Å². The highest BCUT2D eigenvalue weighted by atomic mass is 19.1. The van der Waals surface area contributed by atoms with Gasteiger partial charge < -0.3 is 35.4 Å². The van der Waals surface area contributed by atoms with E-state index in [-0.39, 0.29) is 94.8 Å². The summed E-state index contributed by atoms with van der Waals surface area (Å²) in [5, 5.41) is 23.7. The lowest BCUT2D eigenvalue weighted by molar-refractivity contribution is -0.136. The molecule has 0 spiro atoms. The zero-order valence-electron chi connectivity index (χ0n) is 40.5. The average Bonchev–Trinajstić information content (AvgIpc) is 4.09. The van der Waals surface area contributed by atoms with E-state index in [4.69, 9.17) is 20.9 Å². The Labute approximate surface area is 424 Å². The van der Waals surface area contributed by atoms with Crippen LogP contribution >= 0.6 is 0 Å². The van der Waals surface area contributed by atoms with Crippen LogP contribution in [-0.2, 0) is 14.3 Å². The Morgan fingerprint density at radius 1 is 0.986 bits per heavy atom. The fourth-order valence-electron chi connectivity index (χ4n) is 11.9. The van der Waals surface area contributed by atoms with E-state index >= 15 is 8.78 Å². The lowest BCUT2D eigenvalue weighted by Gasteiger charge is -2.35. The normalized spacial score (nSPS) is 23.3. The zero-order chi connectivity index (χ0) is 51.4. The first-order chi connectivity index (χ1) is 35.8. The van der Waals surface area contributed by atoms with E-state index in [9.17, 15) is 29.1 Å². The van der Waals surface area contributed by atoms with Crippen LogP contribution < -0.4 is 30.9 Å². The Balaban J connectivity index is 0.715. The van der Waals surface area contributed by atoms with Crippen molar-refractivity contribution in [3.8, 4) is 35.4 Å². The molecule has 18 nitrogen and oxygen atoms in total. The van der Waals surface area contributed by atoms with Gasteiger partial charge in [0.05, 0.1) is 27.6 Å². The van der Waals surface area contributed by atoms with Crippen molar-refractivity contribution in [3.63, 3.8) is 0 Å². The van der Waals surface area contributed by atoms with Gasteiger partial charge in [-0.25, -0.2) is 13.6 Å². The van der Waals surface area contributed by atoms with Crippen LogP contribution in [0.3, 0.4) is 0 Å². The minimum absolute atomic E-state index is 0.0270. The number of unbranched alkanes of at least 4 members (excludes halogenated alkanes) is 2. The molecular formula is C54H54F2N10O8. The smallest absolute Gasteiger partial charge is 0.407 e. The number of carbonyl (C=O) groups excluding carboxylic acids is 5. The largest absolute Gasteiger partial charge is 0.508 e. The molecule has 2 aromatic heterocycles. The number of phenolic OH excluding ortho intramolecular Hbond substituents is 1. The standard InChI is InChI=1S/C54H54F2N10O8/c1-3-35-39(55)13-10-30-20-34(67)21-37(43(30)35)46-45(56)47-38(23-59-46)48(64-25-31-11-12-32(26-64)60-31)63-52(62-47)74-28-54-17-16-33(65(54)24-29(2)22-54)27-73-53(72)58-19-6-4-5-18-57-40-9-7-8-36-44(40)51(71)66(50(36)70)41-14-15-42(68)61-49(41)69/h1,7-10,13,20-21,23,31-33,41,57,60,67H,2,4-6,11-12,14-19,22,24-28H2,(H,58,72)(H,61,68,69)/t31?,32?,33-,41?,54-/m0/s1. The van der Waals surface area contributed by atoms with E-state index < -0.39 is 52.9 Å². The van der Waals surface area contributed by atoms with Gasteiger partial charge in [0, 0.05) is 80.1 Å². The summed E-state index contributed by atoms with van der Waals surface area (Å²) in [5.41, 5.74) is 1.21. The SMILES string of the molecule is C#Cc1c(F)ccc2cc(O)cc(-c3ncc4c(N5CC6CCC(C5)N6)nc(OC[C@@]56CC[C@@H](COC(=O)NCCCCCNc7cccc8c7C(=O)N(C7CCC(=O)NC7=O)C8=O)N5CC(=C)C6)nc4c3F)c12. The molecule has 6 aliphatic heterocycles. The second-order valence-electron chi connectivity index (χ2n) is 20.2. The molecule has 0 aliphatic carbocycles. The topological polar surface area (TPSA) is 221 Å². The number of imide groups is 2. The maximum Gasteiger partial charge on any atom is 0.407 e. The van der Waals surface area contributed by atoms with Crippen molar-refractivity contribution in [2.75, 3.05) is 56.2 Å². The lowest BCUT2D eigenvalue weighted by Crippen LogP contribution is -2.54. The van der Waals surface area contributed by atoms with E-state index in [1.54, 1.807) is 18.2 Å². The molecule has 5 fully saturated rings. The molecular weight excluding hydrogens is 955 g/mol. The number of halogens is 2. The third kappa shape index (κ3) is 8.86. The number of aromatic hydroxyl groups is 1. The van der Waals surface area contributed by atoms with Crippen LogP contribution in [0.5, 0.6) is 11.8 Å². The number of rotatable bonds is 15. The summed E-state index contributed by atoms with van der Waals surface area (Å²) in [5.74, 6) is -1.01. The molecule has 5 saturated heterocycles. The number of piperazine rings is 1. The number of nitrogens with zero attached hydrogens (tertiary/aromatic N) is 6. The predicted molar refractivity (Wildman–Crippen MR) is 268 cm³/mol. The number of ether oxygens (including phenoxy) is 2. The minimum Gasteiger partial charge on any atom is -0.508 e. The highest BCUT2D eigenvalue weighted by Crippen LogP contribution is 2.45. The fraction of sp³-hybridized carbons (Fsp3) is 0.407. The number of alkyl carbamates (subject to hydrolysis) is 1. The molecule has 5 N–H and O–H groups in total. The maximum atomic E-state index is 17.2. The van der Waals surface area contributed by atoms with Crippen molar-refractivity contribution in [3.05, 3.63) is 89.1 Å². The van der Waals surface area contributed by atoms with E-state index in [0.29, 0.717) is 80.7 Å². The third-order valence-electron chi connectivity index (χ3n) is 15.4. The van der Waals surface area contributed by atoms with Crippen molar-refractivity contribution in [2.24, 2.45) is 0 Å². The van der Waals surface area contributed by atoms with E-state index in [1.165, 1.54) is 30.5 Å². The number of nitrogens with one attached hydrogen (secondary N) is 4. The fourth-order valence-corrected chi connectivity index (χ4v) is 11.9. The van der Waals surface area contributed by atoms with Crippen LogP contribution in [0.1, 0.15) is 90.5 Å². The second-order valence-corrected chi connectivity index (χ2v) is 20.2. The Hall–Kier alpha value is -7.76. The summed E-state index contributed by atoms with van der Waals surface area (Å²) in [6, 6.07) is 9.64. The summed E-state index contributed by atoms with van der Waals surface area (Å²) < 4.78 is 44.6. The minimum atomic E-state index is -1.05. The first-order valence-electron chi connectivity index (χ1n) is 25.1. The number of carbonyl (C=O) groups is 5. The number of piperidine rings is 1. The molecule has 382 valence electrons. The molecule has 0 radical (unpaired) electrons. The molecule has 2 bridgehead atoms. The molecule has 5 aromatic rings. The van der Waals surface area contributed by atoms with E-state index in [1.807, 2.05) is 0 Å². The van der Waals surface area contributed by atoms with Crippen molar-refractivity contribution in [1.29, 1.82) is 0 Å². The number of benzene rings is 3. The Bertz CT molecular complexity index is 3230. The quantitative estimate of drug-likeness (QED) is 0.0368. The van der Waals surface area contributed by atoms with Gasteiger partial charge in [0.25, 0.3) is 11.8 Å². The first kappa shape index (κ1) is 48.5. The number of amides is 5. The summed E-state index contributed by atoms with van der Waals surface area (Å²) in [4.78, 5) is 83.2. The molecule has 6 aliphatic rings. The number of pyridine rings is 1. The molecule has 0 saturated carbocycles. The predicted octanol–water partition coefficient (Wildman–Crippen LogP) is 5.70. The molecule has 5 amide bonds. The second kappa shape index (κ2) is 19.6. The molecule has 3 aromatic carbocycles. The van der Waals surface area contributed by atoms with Gasteiger partial charge in [-0.1, -0.05) is 30.2 Å². The van der Waals surface area contributed by atoms with Crippen LogP contribution in [0.15, 0.2) is 60.8 Å². The summed E-state index contributed by atoms with van der Waals surface area (Å²) in [6.07, 6.45) is 13.0. The third-order valence-corrected chi connectivity index (χ3v) is 15.4. The number of phenols is 1.